The standard InChI is InChI=1S/C28H33Cl2N3O/c1-5-27(34)23-15-31-26-11-8-19(20-13-24(29)17(2)25(30)14-20)12-22(26)28(23)32-21-9-6-18(7-10-21)16-33(3)4/h8,11-15,18,21H,5-7,9-10,16H2,1-4H3,(H,31,32)/t18-,21-. The number of hydrogen-bond acceptors (Lipinski definition) is 4. The molecule has 3 aromatic rings. The number of carbonyl (C=O) groups excluding carboxylic acids is 1. The Morgan fingerprint density at radius 1 is 1.06 bits per heavy atom. The molecule has 0 unspecified atom stereocenters. The number of halogens is 2. The van der Waals surface area contributed by atoms with Crippen LogP contribution >= 0.6 is 23.2 Å². The van der Waals surface area contributed by atoms with Crippen LogP contribution in [0.2, 0.25) is 10.0 Å². The fourth-order valence-corrected chi connectivity index (χ4v) is 5.44. The van der Waals surface area contributed by atoms with Gasteiger partial charge in [-0.15, -0.1) is 0 Å². The van der Waals surface area contributed by atoms with Gasteiger partial charge in [0.1, 0.15) is 0 Å². The monoisotopic (exact) mass is 497 g/mol. The molecule has 0 amide bonds. The number of carbonyl (C=O) groups is 1. The molecule has 1 aromatic heterocycles. The Balaban J connectivity index is 1.72. The zero-order chi connectivity index (χ0) is 24.4. The minimum atomic E-state index is 0.102. The van der Waals surface area contributed by atoms with Crippen LogP contribution in [0.15, 0.2) is 36.5 Å². The van der Waals surface area contributed by atoms with Crippen LogP contribution in [0.3, 0.4) is 0 Å². The summed E-state index contributed by atoms with van der Waals surface area (Å²) in [6, 6.07) is 10.4. The maximum Gasteiger partial charge on any atom is 0.166 e. The average Bonchev–Trinajstić information content (AvgIpc) is 2.82. The van der Waals surface area contributed by atoms with E-state index in [9.17, 15) is 4.79 Å². The van der Waals surface area contributed by atoms with Crippen LogP contribution < -0.4 is 5.32 Å². The third-order valence-corrected chi connectivity index (χ3v) is 7.71. The zero-order valence-corrected chi connectivity index (χ0v) is 21.9. The number of fused-ring (bicyclic) bond motifs is 1. The fourth-order valence-electron chi connectivity index (χ4n) is 4.95. The van der Waals surface area contributed by atoms with Crippen LogP contribution in [0.5, 0.6) is 0 Å². The lowest BCUT2D eigenvalue weighted by Crippen LogP contribution is -2.31. The van der Waals surface area contributed by atoms with Crippen LogP contribution in [-0.2, 0) is 0 Å². The van der Waals surface area contributed by atoms with Gasteiger partial charge in [-0.05, 0) is 93.6 Å². The highest BCUT2D eigenvalue weighted by atomic mass is 35.5. The molecule has 0 atom stereocenters. The number of rotatable bonds is 7. The number of ketones is 1. The minimum absolute atomic E-state index is 0.102. The van der Waals surface area contributed by atoms with Crippen LogP contribution in [0.4, 0.5) is 5.69 Å². The van der Waals surface area contributed by atoms with Crippen LogP contribution in [0.1, 0.15) is 54.9 Å². The normalized spacial score (nSPS) is 18.4. The highest BCUT2D eigenvalue weighted by molar-refractivity contribution is 6.36. The van der Waals surface area contributed by atoms with E-state index in [0.29, 0.717) is 28.1 Å². The third kappa shape index (κ3) is 5.40. The van der Waals surface area contributed by atoms with E-state index in [1.54, 1.807) is 6.20 Å². The largest absolute Gasteiger partial charge is 0.381 e. The van der Waals surface area contributed by atoms with E-state index in [1.165, 1.54) is 12.8 Å². The molecule has 0 aliphatic heterocycles. The van der Waals surface area contributed by atoms with Crippen molar-refractivity contribution in [2.24, 2.45) is 5.92 Å². The SMILES string of the molecule is CCC(=O)c1cnc2ccc(-c3cc(Cl)c(C)c(Cl)c3)cc2c1N[C@H]1CC[C@H](CN(C)C)CC1. The van der Waals surface area contributed by atoms with Crippen molar-refractivity contribution in [1.82, 2.24) is 9.88 Å². The maximum atomic E-state index is 12.9. The molecular weight excluding hydrogens is 465 g/mol. The third-order valence-electron chi connectivity index (χ3n) is 6.92. The number of anilines is 1. The van der Waals surface area contributed by atoms with Gasteiger partial charge in [0.2, 0.25) is 0 Å². The summed E-state index contributed by atoms with van der Waals surface area (Å²) in [5.74, 6) is 0.839. The Hall–Kier alpha value is -2.14. The molecule has 180 valence electrons. The number of aromatic nitrogens is 1. The summed E-state index contributed by atoms with van der Waals surface area (Å²) in [4.78, 5) is 19.7. The van der Waals surface area contributed by atoms with Crippen molar-refractivity contribution in [1.29, 1.82) is 0 Å². The van der Waals surface area contributed by atoms with Crippen molar-refractivity contribution in [2.45, 2.75) is 52.0 Å². The Morgan fingerprint density at radius 3 is 2.35 bits per heavy atom. The minimum Gasteiger partial charge on any atom is -0.381 e. The average molecular weight is 498 g/mol. The smallest absolute Gasteiger partial charge is 0.166 e. The van der Waals surface area contributed by atoms with E-state index in [4.69, 9.17) is 23.2 Å². The van der Waals surface area contributed by atoms with Crippen molar-refractivity contribution >= 4 is 45.6 Å². The van der Waals surface area contributed by atoms with Crippen molar-refractivity contribution in [3.63, 3.8) is 0 Å². The number of nitrogens with one attached hydrogen (secondary N) is 1. The molecule has 0 bridgehead atoms. The highest BCUT2D eigenvalue weighted by Gasteiger charge is 2.24. The highest BCUT2D eigenvalue weighted by Crippen LogP contribution is 2.36. The molecular formula is C28H33Cl2N3O. The van der Waals surface area contributed by atoms with Gasteiger partial charge in [-0.2, -0.15) is 0 Å². The lowest BCUT2D eigenvalue weighted by molar-refractivity contribution is 0.0988. The Labute approximate surface area is 212 Å². The van der Waals surface area contributed by atoms with Gasteiger partial charge in [0, 0.05) is 40.6 Å². The molecule has 1 aliphatic rings. The quantitative estimate of drug-likeness (QED) is 0.340. The number of nitrogens with zero attached hydrogens (tertiary/aromatic N) is 2. The summed E-state index contributed by atoms with van der Waals surface area (Å²) >= 11 is 12.8. The molecule has 0 radical (unpaired) electrons. The van der Waals surface area contributed by atoms with E-state index < -0.39 is 0 Å². The molecule has 0 saturated heterocycles. The van der Waals surface area contributed by atoms with E-state index >= 15 is 0 Å². The lowest BCUT2D eigenvalue weighted by atomic mass is 9.85. The van der Waals surface area contributed by atoms with E-state index in [0.717, 1.165) is 58.6 Å². The molecule has 1 aliphatic carbocycles. The maximum absolute atomic E-state index is 12.9. The van der Waals surface area contributed by atoms with Crippen LogP contribution in [0.25, 0.3) is 22.0 Å². The summed E-state index contributed by atoms with van der Waals surface area (Å²) < 4.78 is 0. The molecule has 1 N–H and O–H groups in total. The fraction of sp³-hybridized carbons (Fsp3) is 0.429. The second-order valence-electron chi connectivity index (χ2n) is 9.74. The van der Waals surface area contributed by atoms with Crippen LogP contribution in [-0.4, -0.2) is 42.3 Å². The molecule has 6 heteroatoms. The van der Waals surface area contributed by atoms with Gasteiger partial charge >= 0.3 is 0 Å². The first-order valence-corrected chi connectivity index (χ1v) is 12.9. The van der Waals surface area contributed by atoms with E-state index in [2.05, 4.69) is 35.4 Å². The zero-order valence-electron chi connectivity index (χ0n) is 20.4. The number of benzene rings is 2. The lowest BCUT2D eigenvalue weighted by Gasteiger charge is -2.32. The molecule has 34 heavy (non-hydrogen) atoms. The number of hydrogen-bond donors (Lipinski definition) is 1. The molecule has 1 heterocycles. The van der Waals surface area contributed by atoms with Crippen molar-refractivity contribution in [2.75, 3.05) is 26.0 Å². The summed E-state index contributed by atoms with van der Waals surface area (Å²) in [7, 11) is 4.28. The molecule has 4 rings (SSSR count). The first kappa shape index (κ1) is 25.0. The molecule has 2 aromatic carbocycles. The second-order valence-corrected chi connectivity index (χ2v) is 10.6. The summed E-state index contributed by atoms with van der Waals surface area (Å²) in [5, 5.41) is 6.01. The van der Waals surface area contributed by atoms with Crippen molar-refractivity contribution in [3.8, 4) is 11.1 Å². The van der Waals surface area contributed by atoms with Gasteiger partial charge in [0.25, 0.3) is 0 Å². The van der Waals surface area contributed by atoms with Gasteiger partial charge in [-0.3, -0.25) is 9.78 Å². The van der Waals surface area contributed by atoms with E-state index in [1.807, 2.05) is 38.1 Å². The predicted molar refractivity (Wildman–Crippen MR) is 144 cm³/mol. The Bertz CT molecular complexity index is 1180. The molecule has 0 spiro atoms. The summed E-state index contributed by atoms with van der Waals surface area (Å²) in [5.41, 5.74) is 5.26. The Kier molecular flexibility index (Phi) is 7.81. The van der Waals surface area contributed by atoms with E-state index in [-0.39, 0.29) is 5.78 Å². The summed E-state index contributed by atoms with van der Waals surface area (Å²) in [6.07, 6.45) is 6.77. The molecule has 1 saturated carbocycles. The first-order chi connectivity index (χ1) is 16.3. The topological polar surface area (TPSA) is 45.2 Å². The number of pyridine rings is 1. The second kappa shape index (κ2) is 10.6. The summed E-state index contributed by atoms with van der Waals surface area (Å²) in [6.45, 7) is 4.95. The Morgan fingerprint density at radius 2 is 1.74 bits per heavy atom. The van der Waals surface area contributed by atoms with Gasteiger partial charge in [-0.25, -0.2) is 0 Å². The van der Waals surface area contributed by atoms with Gasteiger partial charge in [0.05, 0.1) is 16.8 Å². The number of Topliss-reactive ketones (excluding diaryl/α,β-unsaturated/α-hetero) is 1. The molecule has 1 fully saturated rings. The first-order valence-electron chi connectivity index (χ1n) is 12.1. The predicted octanol–water partition coefficient (Wildman–Crippen LogP) is 7.64. The van der Waals surface area contributed by atoms with Crippen molar-refractivity contribution < 1.29 is 4.79 Å². The van der Waals surface area contributed by atoms with Gasteiger partial charge in [0.15, 0.2) is 5.78 Å². The van der Waals surface area contributed by atoms with Crippen molar-refractivity contribution in [3.05, 3.63) is 57.7 Å². The van der Waals surface area contributed by atoms with Gasteiger partial charge in [-0.1, -0.05) is 36.2 Å². The van der Waals surface area contributed by atoms with Crippen LogP contribution in [0, 0.1) is 12.8 Å². The molecule has 4 nitrogen and oxygen atoms in total. The van der Waals surface area contributed by atoms with Gasteiger partial charge < -0.3 is 10.2 Å².